The fourth-order valence-electron chi connectivity index (χ4n) is 5.25. The summed E-state index contributed by atoms with van der Waals surface area (Å²) in [5, 5.41) is 19.7. The van der Waals surface area contributed by atoms with Crippen molar-refractivity contribution in [1.82, 2.24) is 0 Å². The lowest BCUT2D eigenvalue weighted by Gasteiger charge is -2.47. The van der Waals surface area contributed by atoms with E-state index in [1.54, 1.807) is 6.07 Å². The average molecular weight is 410 g/mol. The molecule has 0 heterocycles. The lowest BCUT2D eigenvalue weighted by molar-refractivity contribution is -0.149. The van der Waals surface area contributed by atoms with Crippen LogP contribution in [-0.2, 0) is 21.4 Å². The van der Waals surface area contributed by atoms with Gasteiger partial charge >= 0.3 is 5.97 Å². The number of unbranched alkanes of at least 4 members (excludes halogenated alkanes) is 2. The highest BCUT2D eigenvalue weighted by Crippen LogP contribution is 2.55. The summed E-state index contributed by atoms with van der Waals surface area (Å²) < 4.78 is 5.50. The summed E-state index contributed by atoms with van der Waals surface area (Å²) in [6.45, 7) is 10.9. The van der Waals surface area contributed by atoms with Gasteiger partial charge in [-0.05, 0) is 87.3 Å². The van der Waals surface area contributed by atoms with Crippen molar-refractivity contribution in [2.45, 2.75) is 84.5 Å². The summed E-state index contributed by atoms with van der Waals surface area (Å²) in [5.74, 6) is 0.885. The molecule has 4 heteroatoms. The van der Waals surface area contributed by atoms with Crippen LogP contribution in [0.1, 0.15) is 89.3 Å². The third kappa shape index (κ3) is 4.26. The summed E-state index contributed by atoms with van der Waals surface area (Å²) in [6.07, 6.45) is 7.21. The molecule has 0 saturated heterocycles. The van der Waals surface area contributed by atoms with Crippen LogP contribution in [0.4, 0.5) is 0 Å². The van der Waals surface area contributed by atoms with Crippen molar-refractivity contribution in [3.8, 4) is 11.8 Å². The van der Waals surface area contributed by atoms with Gasteiger partial charge in [0.05, 0.1) is 18.1 Å². The van der Waals surface area contributed by atoms with Crippen LogP contribution in [0.25, 0.3) is 0 Å². The molecule has 1 unspecified atom stereocenters. The SMILES string of the molecule is CC1=CCC2[C@@H](C1)c1c(O)cc(C(C)(C)C(=O)OCCCCC#N)cc1CC2(C)C. The minimum absolute atomic E-state index is 0.144. The molecule has 0 aliphatic heterocycles. The largest absolute Gasteiger partial charge is 0.508 e. The standard InChI is InChI=1S/C26H35NO3/c1-17-9-10-21-20(13-17)23-18(16-25(21,2)3)14-19(15-22(23)28)26(4,5)24(29)30-12-8-6-7-11-27/h9,14-15,20-21,28H,6-8,10,12-13,16H2,1-5H3/t20-,21?/m1/s1. The van der Waals surface area contributed by atoms with Crippen LogP contribution in [0.5, 0.6) is 5.75 Å². The van der Waals surface area contributed by atoms with Crippen LogP contribution in [0.15, 0.2) is 23.8 Å². The van der Waals surface area contributed by atoms with E-state index in [1.807, 2.05) is 13.8 Å². The maximum Gasteiger partial charge on any atom is 0.315 e. The Morgan fingerprint density at radius 3 is 2.77 bits per heavy atom. The Hall–Kier alpha value is -2.28. The number of phenols is 1. The van der Waals surface area contributed by atoms with Crippen LogP contribution >= 0.6 is 0 Å². The summed E-state index contributed by atoms with van der Waals surface area (Å²) in [4.78, 5) is 12.8. The van der Waals surface area contributed by atoms with E-state index in [1.165, 1.54) is 11.1 Å². The summed E-state index contributed by atoms with van der Waals surface area (Å²) >= 11 is 0. The maximum atomic E-state index is 12.8. The summed E-state index contributed by atoms with van der Waals surface area (Å²) in [5.41, 5.74) is 3.75. The van der Waals surface area contributed by atoms with E-state index in [0.29, 0.717) is 37.0 Å². The number of carbonyl (C=O) groups excluding carboxylic acids is 1. The second kappa shape index (κ2) is 8.46. The highest BCUT2D eigenvalue weighted by molar-refractivity contribution is 5.82. The molecule has 1 aromatic rings. The molecular weight excluding hydrogens is 374 g/mol. The van der Waals surface area contributed by atoms with E-state index in [9.17, 15) is 9.90 Å². The Bertz CT molecular complexity index is 888. The Kier molecular flexibility index (Phi) is 6.32. The molecule has 2 aliphatic rings. The van der Waals surface area contributed by atoms with Crippen molar-refractivity contribution in [2.24, 2.45) is 11.3 Å². The molecule has 0 amide bonds. The molecule has 1 N–H and O–H groups in total. The molecule has 30 heavy (non-hydrogen) atoms. The van der Waals surface area contributed by atoms with Gasteiger partial charge in [0.1, 0.15) is 5.75 Å². The monoisotopic (exact) mass is 409 g/mol. The number of esters is 1. The fourth-order valence-corrected chi connectivity index (χ4v) is 5.25. The van der Waals surface area contributed by atoms with Gasteiger partial charge in [-0.25, -0.2) is 0 Å². The molecule has 0 aromatic heterocycles. The van der Waals surface area contributed by atoms with Gasteiger partial charge < -0.3 is 9.84 Å². The minimum Gasteiger partial charge on any atom is -0.508 e. The van der Waals surface area contributed by atoms with Crippen molar-refractivity contribution in [2.75, 3.05) is 6.61 Å². The predicted octanol–water partition coefficient (Wildman–Crippen LogP) is 5.93. The van der Waals surface area contributed by atoms with Crippen molar-refractivity contribution >= 4 is 5.97 Å². The van der Waals surface area contributed by atoms with Crippen LogP contribution in [0.2, 0.25) is 0 Å². The number of phenolic OH excluding ortho intramolecular Hbond substituents is 1. The van der Waals surface area contributed by atoms with Gasteiger partial charge in [-0.3, -0.25) is 4.79 Å². The number of ether oxygens (including phenoxy) is 1. The van der Waals surface area contributed by atoms with E-state index < -0.39 is 5.41 Å². The second-order valence-corrected chi connectivity index (χ2v) is 10.3. The second-order valence-electron chi connectivity index (χ2n) is 10.3. The molecule has 162 valence electrons. The minimum atomic E-state index is -0.842. The quantitative estimate of drug-likeness (QED) is 0.359. The smallest absolute Gasteiger partial charge is 0.315 e. The highest BCUT2D eigenvalue weighted by atomic mass is 16.5. The molecule has 0 spiro atoms. The van der Waals surface area contributed by atoms with Crippen LogP contribution in [0.3, 0.4) is 0 Å². The van der Waals surface area contributed by atoms with Crippen molar-refractivity contribution in [3.05, 3.63) is 40.5 Å². The zero-order valence-corrected chi connectivity index (χ0v) is 19.0. The summed E-state index contributed by atoms with van der Waals surface area (Å²) in [7, 11) is 0. The molecule has 0 radical (unpaired) electrons. The zero-order chi connectivity index (χ0) is 22.1. The molecular formula is C26H35NO3. The first-order chi connectivity index (χ1) is 14.1. The number of benzene rings is 1. The van der Waals surface area contributed by atoms with Crippen LogP contribution < -0.4 is 0 Å². The van der Waals surface area contributed by atoms with E-state index in [-0.39, 0.29) is 11.4 Å². The third-order valence-corrected chi connectivity index (χ3v) is 7.16. The van der Waals surface area contributed by atoms with E-state index in [2.05, 4.69) is 39.0 Å². The Morgan fingerprint density at radius 1 is 1.33 bits per heavy atom. The number of carbonyl (C=O) groups is 1. The number of aromatic hydroxyl groups is 1. The Balaban J connectivity index is 1.87. The van der Waals surface area contributed by atoms with Gasteiger partial charge in [0.25, 0.3) is 0 Å². The molecule has 1 aromatic carbocycles. The van der Waals surface area contributed by atoms with Gasteiger partial charge in [-0.15, -0.1) is 0 Å². The number of hydrogen-bond donors (Lipinski definition) is 1. The highest BCUT2D eigenvalue weighted by Gasteiger charge is 2.44. The molecule has 0 bridgehead atoms. The molecule has 2 aliphatic carbocycles. The molecule has 4 nitrogen and oxygen atoms in total. The number of fused-ring (bicyclic) bond motifs is 3. The Labute approximate surface area is 180 Å². The first kappa shape index (κ1) is 22.4. The molecule has 3 rings (SSSR count). The average Bonchev–Trinajstić information content (AvgIpc) is 2.66. The Morgan fingerprint density at radius 2 is 2.07 bits per heavy atom. The first-order valence-electron chi connectivity index (χ1n) is 11.1. The number of nitrogens with zero attached hydrogens (tertiary/aromatic N) is 1. The van der Waals surface area contributed by atoms with Gasteiger partial charge in [0, 0.05) is 12.0 Å². The third-order valence-electron chi connectivity index (χ3n) is 7.16. The van der Waals surface area contributed by atoms with Crippen molar-refractivity contribution in [3.63, 3.8) is 0 Å². The van der Waals surface area contributed by atoms with Gasteiger partial charge in [0.2, 0.25) is 0 Å². The predicted molar refractivity (Wildman–Crippen MR) is 118 cm³/mol. The first-order valence-corrected chi connectivity index (χ1v) is 11.1. The van der Waals surface area contributed by atoms with E-state index >= 15 is 0 Å². The number of hydrogen-bond acceptors (Lipinski definition) is 4. The van der Waals surface area contributed by atoms with Gasteiger partial charge in [-0.2, -0.15) is 5.26 Å². The van der Waals surface area contributed by atoms with Crippen LogP contribution in [0, 0.1) is 22.7 Å². The summed E-state index contributed by atoms with van der Waals surface area (Å²) in [6, 6.07) is 6.00. The van der Waals surface area contributed by atoms with Crippen molar-refractivity contribution in [1.29, 1.82) is 5.26 Å². The van der Waals surface area contributed by atoms with Gasteiger partial charge in [-0.1, -0.05) is 31.6 Å². The fraction of sp³-hybridized carbons (Fsp3) is 0.615. The zero-order valence-electron chi connectivity index (χ0n) is 19.0. The number of nitriles is 1. The molecule has 2 atom stereocenters. The molecule has 0 fully saturated rings. The van der Waals surface area contributed by atoms with E-state index in [0.717, 1.165) is 36.8 Å². The topological polar surface area (TPSA) is 70.3 Å². The lowest BCUT2D eigenvalue weighted by atomic mass is 9.57. The van der Waals surface area contributed by atoms with Crippen molar-refractivity contribution < 1.29 is 14.6 Å². The van der Waals surface area contributed by atoms with Crippen LogP contribution in [-0.4, -0.2) is 17.7 Å². The maximum absolute atomic E-state index is 12.8. The van der Waals surface area contributed by atoms with Gasteiger partial charge in [0.15, 0.2) is 0 Å². The number of rotatable bonds is 6. The molecule has 0 saturated carbocycles. The normalized spacial score (nSPS) is 22.3. The number of allylic oxidation sites excluding steroid dienone is 2. The van der Waals surface area contributed by atoms with E-state index in [4.69, 9.17) is 10.00 Å². The lowest BCUT2D eigenvalue weighted by Crippen LogP contribution is -2.38.